The number of hydrogen-bond donors (Lipinski definition) is 1. The van der Waals surface area contributed by atoms with E-state index in [1.54, 1.807) is 6.92 Å². The molecule has 1 nitrogen and oxygen atoms in total. The van der Waals surface area contributed by atoms with E-state index in [4.69, 9.17) is 5.73 Å². The van der Waals surface area contributed by atoms with Crippen LogP contribution in [0.5, 0.6) is 0 Å². The summed E-state index contributed by atoms with van der Waals surface area (Å²) in [6.07, 6.45) is -4.04. The Labute approximate surface area is 97.6 Å². The van der Waals surface area contributed by atoms with E-state index in [0.717, 1.165) is 12.1 Å². The molecule has 2 atom stereocenters. The summed E-state index contributed by atoms with van der Waals surface area (Å²) < 4.78 is 50.3. The lowest BCUT2D eigenvalue weighted by molar-refractivity contribution is -0.140. The minimum Gasteiger partial charge on any atom is -0.328 e. The number of hydrogen-bond acceptors (Lipinski definition) is 1. The molecule has 96 valence electrons. The fourth-order valence-corrected chi connectivity index (χ4v) is 1.76. The van der Waals surface area contributed by atoms with Gasteiger partial charge < -0.3 is 5.73 Å². The zero-order valence-electron chi connectivity index (χ0n) is 9.68. The maximum Gasteiger partial charge on any atom is 0.419 e. The second kappa shape index (κ2) is 5.04. The van der Waals surface area contributed by atoms with E-state index in [2.05, 4.69) is 0 Å². The largest absolute Gasteiger partial charge is 0.419 e. The van der Waals surface area contributed by atoms with Gasteiger partial charge in [-0.1, -0.05) is 13.0 Å². The van der Waals surface area contributed by atoms with Crippen LogP contribution in [-0.2, 0) is 6.18 Å². The maximum absolute atomic E-state index is 13.3. The van der Waals surface area contributed by atoms with Gasteiger partial charge in [0.25, 0.3) is 0 Å². The fourth-order valence-electron chi connectivity index (χ4n) is 1.76. The quantitative estimate of drug-likeness (QED) is 0.812. The van der Waals surface area contributed by atoms with Crippen molar-refractivity contribution in [2.24, 2.45) is 5.73 Å². The fraction of sp³-hybridized carbons (Fsp3) is 0.500. The van der Waals surface area contributed by atoms with Crippen molar-refractivity contribution in [1.82, 2.24) is 0 Å². The van der Waals surface area contributed by atoms with E-state index < -0.39 is 17.6 Å². The summed E-state index contributed by atoms with van der Waals surface area (Å²) in [5.74, 6) is -1.29. The van der Waals surface area contributed by atoms with E-state index in [1.807, 2.05) is 6.92 Å². The van der Waals surface area contributed by atoms with E-state index in [1.165, 1.54) is 6.07 Å². The highest BCUT2D eigenvalue weighted by molar-refractivity contribution is 5.28. The molecule has 0 saturated carbocycles. The second-order valence-electron chi connectivity index (χ2n) is 4.35. The Morgan fingerprint density at radius 2 is 1.82 bits per heavy atom. The summed E-state index contributed by atoms with van der Waals surface area (Å²) in [4.78, 5) is 0. The Bertz CT molecular complexity index is 385. The minimum atomic E-state index is -4.65. The number of alkyl halides is 3. The van der Waals surface area contributed by atoms with Crippen LogP contribution in [0.25, 0.3) is 0 Å². The highest BCUT2D eigenvalue weighted by Gasteiger charge is 2.34. The first-order chi connectivity index (χ1) is 7.71. The number of halogens is 4. The van der Waals surface area contributed by atoms with Crippen LogP contribution < -0.4 is 5.73 Å². The zero-order valence-corrected chi connectivity index (χ0v) is 9.68. The molecule has 2 unspecified atom stereocenters. The second-order valence-corrected chi connectivity index (χ2v) is 4.35. The van der Waals surface area contributed by atoms with Gasteiger partial charge in [0.2, 0.25) is 0 Å². The van der Waals surface area contributed by atoms with Gasteiger partial charge in [-0.3, -0.25) is 0 Å². The average Bonchev–Trinajstić information content (AvgIpc) is 2.14. The first-order valence-corrected chi connectivity index (χ1v) is 5.34. The van der Waals surface area contributed by atoms with Crippen LogP contribution in [0.15, 0.2) is 18.2 Å². The molecule has 1 aromatic rings. The molecule has 17 heavy (non-hydrogen) atoms. The van der Waals surface area contributed by atoms with E-state index in [-0.39, 0.29) is 12.0 Å². The van der Waals surface area contributed by atoms with Crippen LogP contribution in [0.1, 0.15) is 37.3 Å². The lowest BCUT2D eigenvalue weighted by Crippen LogP contribution is -2.17. The molecule has 0 aromatic heterocycles. The molecule has 0 aliphatic rings. The topological polar surface area (TPSA) is 26.0 Å². The van der Waals surface area contributed by atoms with Crippen molar-refractivity contribution in [3.05, 3.63) is 35.1 Å². The van der Waals surface area contributed by atoms with Gasteiger partial charge in [0.05, 0.1) is 5.56 Å². The van der Waals surface area contributed by atoms with Gasteiger partial charge in [-0.15, -0.1) is 0 Å². The molecule has 1 rings (SSSR count). The van der Waals surface area contributed by atoms with Crippen LogP contribution in [-0.4, -0.2) is 6.04 Å². The van der Waals surface area contributed by atoms with Gasteiger partial charge in [-0.25, -0.2) is 4.39 Å². The molecule has 5 heteroatoms. The standard InChI is InChI=1S/C12H15F4N/c1-7(5-8(2)17)9-3-4-10(11(13)6-9)12(14,15)16/h3-4,6-8H,5,17H2,1-2H3. The van der Waals surface area contributed by atoms with Crippen LogP contribution in [0, 0.1) is 5.82 Å². The SMILES string of the molecule is CC(N)CC(C)c1ccc(C(F)(F)F)c(F)c1. The molecule has 0 bridgehead atoms. The molecule has 2 N–H and O–H groups in total. The van der Waals surface area contributed by atoms with Crippen LogP contribution in [0.4, 0.5) is 17.6 Å². The molecule has 0 radical (unpaired) electrons. The molecule has 0 aliphatic heterocycles. The summed E-state index contributed by atoms with van der Waals surface area (Å²) in [6.45, 7) is 3.61. The van der Waals surface area contributed by atoms with Crippen molar-refractivity contribution >= 4 is 0 Å². The number of benzene rings is 1. The van der Waals surface area contributed by atoms with Gasteiger partial charge in [0.1, 0.15) is 5.82 Å². The zero-order chi connectivity index (χ0) is 13.2. The van der Waals surface area contributed by atoms with Gasteiger partial charge in [-0.05, 0) is 37.0 Å². The van der Waals surface area contributed by atoms with Crippen molar-refractivity contribution in [3.8, 4) is 0 Å². The van der Waals surface area contributed by atoms with E-state index >= 15 is 0 Å². The van der Waals surface area contributed by atoms with Crippen molar-refractivity contribution in [2.45, 2.75) is 38.4 Å². The summed E-state index contributed by atoms with van der Waals surface area (Å²) in [6, 6.07) is 2.95. The maximum atomic E-state index is 13.3. The average molecular weight is 249 g/mol. The summed E-state index contributed by atoms with van der Waals surface area (Å²) in [5, 5.41) is 0. The third-order valence-corrected chi connectivity index (χ3v) is 2.59. The lowest BCUT2D eigenvalue weighted by Gasteiger charge is -2.16. The van der Waals surface area contributed by atoms with Gasteiger partial charge in [0.15, 0.2) is 0 Å². The van der Waals surface area contributed by atoms with Gasteiger partial charge in [-0.2, -0.15) is 13.2 Å². The van der Waals surface area contributed by atoms with Crippen molar-refractivity contribution in [2.75, 3.05) is 0 Å². The van der Waals surface area contributed by atoms with E-state index in [0.29, 0.717) is 12.0 Å². The van der Waals surface area contributed by atoms with E-state index in [9.17, 15) is 17.6 Å². The minimum absolute atomic E-state index is 0.0632. The first kappa shape index (κ1) is 14.0. The van der Waals surface area contributed by atoms with Crippen LogP contribution in [0.2, 0.25) is 0 Å². The van der Waals surface area contributed by atoms with Crippen LogP contribution >= 0.6 is 0 Å². The Kier molecular flexibility index (Phi) is 4.14. The van der Waals surface area contributed by atoms with Crippen molar-refractivity contribution in [3.63, 3.8) is 0 Å². The van der Waals surface area contributed by atoms with Crippen LogP contribution in [0.3, 0.4) is 0 Å². The Morgan fingerprint density at radius 1 is 1.24 bits per heavy atom. The number of rotatable bonds is 3. The van der Waals surface area contributed by atoms with Gasteiger partial charge >= 0.3 is 6.18 Å². The predicted molar refractivity (Wildman–Crippen MR) is 58.1 cm³/mol. The first-order valence-electron chi connectivity index (χ1n) is 5.34. The molecule has 1 aromatic carbocycles. The summed E-state index contributed by atoms with van der Waals surface area (Å²) in [7, 11) is 0. The molecule has 0 saturated heterocycles. The highest BCUT2D eigenvalue weighted by Crippen LogP contribution is 2.33. The lowest BCUT2D eigenvalue weighted by atomic mass is 9.94. The molecule has 0 heterocycles. The monoisotopic (exact) mass is 249 g/mol. The molecular weight excluding hydrogens is 234 g/mol. The Balaban J connectivity index is 2.97. The Hall–Kier alpha value is -1.10. The summed E-state index contributed by atoms with van der Waals surface area (Å²) >= 11 is 0. The highest BCUT2D eigenvalue weighted by atomic mass is 19.4. The Morgan fingerprint density at radius 3 is 2.24 bits per heavy atom. The molecular formula is C12H15F4N. The predicted octanol–water partition coefficient (Wildman–Crippen LogP) is 3.69. The smallest absolute Gasteiger partial charge is 0.328 e. The van der Waals surface area contributed by atoms with Crippen molar-refractivity contribution in [1.29, 1.82) is 0 Å². The molecule has 0 amide bonds. The number of nitrogens with two attached hydrogens (primary N) is 1. The third-order valence-electron chi connectivity index (χ3n) is 2.59. The molecule has 0 fully saturated rings. The molecule has 0 spiro atoms. The summed E-state index contributed by atoms with van der Waals surface area (Å²) in [5.41, 5.74) is 4.90. The third kappa shape index (κ3) is 3.70. The normalized spacial score (nSPS) is 15.7. The van der Waals surface area contributed by atoms with Crippen molar-refractivity contribution < 1.29 is 17.6 Å². The van der Waals surface area contributed by atoms with Gasteiger partial charge in [0, 0.05) is 6.04 Å². The molecule has 0 aliphatic carbocycles.